The van der Waals surface area contributed by atoms with Crippen LogP contribution >= 0.6 is 0 Å². The number of aliphatic hydroxyl groups is 1. The summed E-state index contributed by atoms with van der Waals surface area (Å²) in [4.78, 5) is 2.04. The number of ether oxygens (including phenoxy) is 1. The van der Waals surface area contributed by atoms with Gasteiger partial charge >= 0.3 is 0 Å². The lowest BCUT2D eigenvalue weighted by atomic mass is 10.2. The molecule has 0 saturated carbocycles. The molecule has 0 bridgehead atoms. The van der Waals surface area contributed by atoms with Crippen molar-refractivity contribution in [1.29, 1.82) is 0 Å². The Morgan fingerprint density at radius 1 is 1.27 bits per heavy atom. The molecule has 1 unspecified atom stereocenters. The monoisotopic (exact) mass is 304 g/mol. The van der Waals surface area contributed by atoms with Crippen molar-refractivity contribution in [2.45, 2.75) is 33.1 Å². The molecule has 1 heterocycles. The van der Waals surface area contributed by atoms with Gasteiger partial charge < -0.3 is 14.4 Å². The molecule has 2 rings (SSSR count). The summed E-state index contributed by atoms with van der Waals surface area (Å²) in [6.07, 6.45) is -0.519. The molecule has 0 aliphatic carbocycles. The number of likely N-dealkylation sites (N-methyl/N-ethyl adjacent to an activating group) is 1. The molecule has 0 amide bonds. The Morgan fingerprint density at radius 2 is 2.00 bits per heavy atom. The molecule has 0 aliphatic heterocycles. The van der Waals surface area contributed by atoms with Gasteiger partial charge in [-0.1, -0.05) is 35.5 Å². The van der Waals surface area contributed by atoms with Gasteiger partial charge in [-0.25, -0.2) is 0 Å². The quantitative estimate of drug-likeness (QED) is 0.811. The average molecular weight is 304 g/mol. The second kappa shape index (κ2) is 8.08. The molecule has 120 valence electrons. The topological polar surface area (TPSA) is 58.7 Å². The van der Waals surface area contributed by atoms with Crippen LogP contribution in [0.4, 0.5) is 0 Å². The Labute approximate surface area is 131 Å². The van der Waals surface area contributed by atoms with E-state index in [1.54, 1.807) is 0 Å². The SMILES string of the molecule is Cc1noc(C)c1CN(C)CC(O)COCc1ccccc1. The van der Waals surface area contributed by atoms with Gasteiger partial charge in [-0.05, 0) is 26.5 Å². The molecule has 5 nitrogen and oxygen atoms in total. The van der Waals surface area contributed by atoms with Gasteiger partial charge in [-0.2, -0.15) is 0 Å². The third-order valence-electron chi connectivity index (χ3n) is 3.55. The summed E-state index contributed by atoms with van der Waals surface area (Å²) in [5, 5.41) is 14.0. The van der Waals surface area contributed by atoms with E-state index in [4.69, 9.17) is 9.26 Å². The summed E-state index contributed by atoms with van der Waals surface area (Å²) in [6, 6.07) is 9.95. The Balaban J connectivity index is 1.71. The van der Waals surface area contributed by atoms with Crippen LogP contribution in [0.3, 0.4) is 0 Å². The third kappa shape index (κ3) is 4.94. The summed E-state index contributed by atoms with van der Waals surface area (Å²) in [7, 11) is 1.96. The fraction of sp³-hybridized carbons (Fsp3) is 0.471. The lowest BCUT2D eigenvalue weighted by Gasteiger charge is -2.20. The van der Waals surface area contributed by atoms with Gasteiger partial charge in [0, 0.05) is 18.7 Å². The summed E-state index contributed by atoms with van der Waals surface area (Å²) < 4.78 is 10.7. The molecular formula is C17H24N2O3. The molecule has 0 aliphatic rings. The first kappa shape index (κ1) is 16.7. The van der Waals surface area contributed by atoms with E-state index in [0.29, 0.717) is 26.3 Å². The van der Waals surface area contributed by atoms with Crippen molar-refractivity contribution < 1.29 is 14.4 Å². The van der Waals surface area contributed by atoms with Crippen molar-refractivity contribution in [1.82, 2.24) is 10.1 Å². The number of nitrogens with zero attached hydrogens (tertiary/aromatic N) is 2. The number of aromatic nitrogens is 1. The number of aliphatic hydroxyl groups excluding tert-OH is 1. The molecule has 0 fully saturated rings. The summed E-state index contributed by atoms with van der Waals surface area (Å²) in [5.74, 6) is 0.833. The van der Waals surface area contributed by atoms with Gasteiger partial charge in [-0.15, -0.1) is 0 Å². The smallest absolute Gasteiger partial charge is 0.138 e. The Hall–Kier alpha value is -1.69. The average Bonchev–Trinajstić information content (AvgIpc) is 2.80. The molecule has 1 aromatic carbocycles. The van der Waals surface area contributed by atoms with Crippen molar-refractivity contribution in [3.63, 3.8) is 0 Å². The molecule has 0 spiro atoms. The number of benzene rings is 1. The zero-order valence-electron chi connectivity index (χ0n) is 13.5. The van der Waals surface area contributed by atoms with Crippen LogP contribution < -0.4 is 0 Å². The van der Waals surface area contributed by atoms with Gasteiger partial charge in [0.2, 0.25) is 0 Å². The van der Waals surface area contributed by atoms with E-state index in [-0.39, 0.29) is 0 Å². The molecule has 1 aromatic heterocycles. The molecule has 1 N–H and O–H groups in total. The highest BCUT2D eigenvalue weighted by Gasteiger charge is 2.14. The van der Waals surface area contributed by atoms with E-state index in [9.17, 15) is 5.11 Å². The van der Waals surface area contributed by atoms with E-state index in [1.165, 1.54) is 0 Å². The van der Waals surface area contributed by atoms with Crippen LogP contribution in [0.25, 0.3) is 0 Å². The van der Waals surface area contributed by atoms with E-state index >= 15 is 0 Å². The zero-order chi connectivity index (χ0) is 15.9. The lowest BCUT2D eigenvalue weighted by Crippen LogP contribution is -2.32. The van der Waals surface area contributed by atoms with Crippen molar-refractivity contribution in [3.05, 3.63) is 52.9 Å². The Morgan fingerprint density at radius 3 is 2.64 bits per heavy atom. The molecule has 1 atom stereocenters. The summed E-state index contributed by atoms with van der Waals surface area (Å²) in [5.41, 5.74) is 3.10. The third-order valence-corrected chi connectivity index (χ3v) is 3.55. The standard InChI is InChI=1S/C17H24N2O3/c1-13-17(14(2)22-18-13)10-19(3)9-16(20)12-21-11-15-7-5-4-6-8-15/h4-8,16,20H,9-12H2,1-3H3. The molecule has 5 heteroatoms. The maximum atomic E-state index is 10.1. The maximum Gasteiger partial charge on any atom is 0.138 e. The van der Waals surface area contributed by atoms with Crippen molar-refractivity contribution in [2.75, 3.05) is 20.2 Å². The number of hydrogen-bond donors (Lipinski definition) is 1. The second-order valence-electron chi connectivity index (χ2n) is 5.65. The van der Waals surface area contributed by atoms with Gasteiger partial charge in [0.1, 0.15) is 5.76 Å². The van der Waals surface area contributed by atoms with Crippen LogP contribution in [0.15, 0.2) is 34.9 Å². The van der Waals surface area contributed by atoms with E-state index in [0.717, 1.165) is 22.6 Å². The van der Waals surface area contributed by atoms with Crippen LogP contribution in [0.1, 0.15) is 22.6 Å². The molecule has 2 aromatic rings. The van der Waals surface area contributed by atoms with Gasteiger partial charge in [0.15, 0.2) is 0 Å². The first-order valence-electron chi connectivity index (χ1n) is 7.46. The first-order valence-corrected chi connectivity index (χ1v) is 7.46. The van der Waals surface area contributed by atoms with E-state index in [2.05, 4.69) is 5.16 Å². The van der Waals surface area contributed by atoms with Gasteiger partial charge in [0.05, 0.1) is 25.0 Å². The summed E-state index contributed by atoms with van der Waals surface area (Å²) >= 11 is 0. The zero-order valence-corrected chi connectivity index (χ0v) is 13.5. The lowest BCUT2D eigenvalue weighted by molar-refractivity contribution is 0.0126. The van der Waals surface area contributed by atoms with Crippen LogP contribution in [-0.2, 0) is 17.9 Å². The van der Waals surface area contributed by atoms with E-state index in [1.807, 2.05) is 56.1 Å². The van der Waals surface area contributed by atoms with Crippen LogP contribution in [0.2, 0.25) is 0 Å². The van der Waals surface area contributed by atoms with Gasteiger partial charge in [0.25, 0.3) is 0 Å². The number of rotatable bonds is 8. The van der Waals surface area contributed by atoms with E-state index < -0.39 is 6.10 Å². The molecule has 22 heavy (non-hydrogen) atoms. The minimum atomic E-state index is -0.519. The molecular weight excluding hydrogens is 280 g/mol. The van der Waals surface area contributed by atoms with Crippen molar-refractivity contribution in [3.8, 4) is 0 Å². The van der Waals surface area contributed by atoms with Crippen molar-refractivity contribution in [2.24, 2.45) is 0 Å². The fourth-order valence-electron chi connectivity index (χ4n) is 2.36. The van der Waals surface area contributed by atoms with Crippen molar-refractivity contribution >= 4 is 0 Å². The normalized spacial score (nSPS) is 12.8. The molecule has 0 radical (unpaired) electrons. The maximum absolute atomic E-state index is 10.1. The minimum Gasteiger partial charge on any atom is -0.389 e. The number of aryl methyl sites for hydroxylation is 2. The minimum absolute atomic E-state index is 0.320. The Kier molecular flexibility index (Phi) is 6.12. The van der Waals surface area contributed by atoms with Crippen LogP contribution in [-0.4, -0.2) is 41.5 Å². The summed E-state index contributed by atoms with van der Waals surface area (Å²) in [6.45, 7) is 5.92. The highest BCUT2D eigenvalue weighted by molar-refractivity contribution is 5.20. The van der Waals surface area contributed by atoms with Gasteiger partial charge in [-0.3, -0.25) is 4.90 Å². The largest absolute Gasteiger partial charge is 0.389 e. The highest BCUT2D eigenvalue weighted by atomic mass is 16.5. The van der Waals surface area contributed by atoms with Crippen LogP contribution in [0, 0.1) is 13.8 Å². The first-order chi connectivity index (χ1) is 10.6. The molecule has 0 saturated heterocycles. The highest BCUT2D eigenvalue weighted by Crippen LogP contribution is 2.14. The fourth-order valence-corrected chi connectivity index (χ4v) is 2.36. The van der Waals surface area contributed by atoms with Crippen LogP contribution in [0.5, 0.6) is 0 Å². The predicted molar refractivity (Wildman–Crippen MR) is 84.4 cm³/mol. The predicted octanol–water partition coefficient (Wildman–Crippen LogP) is 2.30. The second-order valence-corrected chi connectivity index (χ2v) is 5.65. The Bertz CT molecular complexity index is 549. The number of hydrogen-bond acceptors (Lipinski definition) is 5.